The Morgan fingerprint density at radius 3 is 2.37 bits per heavy atom. The maximum absolute atomic E-state index is 13.0. The molecule has 0 amide bonds. The van der Waals surface area contributed by atoms with Crippen molar-refractivity contribution >= 4 is 32.9 Å². The molecule has 0 saturated carbocycles. The van der Waals surface area contributed by atoms with E-state index in [2.05, 4.69) is 24.3 Å². The molecule has 2 aliphatic rings. The van der Waals surface area contributed by atoms with Gasteiger partial charge < -0.3 is 0 Å². The summed E-state index contributed by atoms with van der Waals surface area (Å²) in [6.45, 7) is 0. The molecule has 1 aliphatic heterocycles. The lowest BCUT2D eigenvalue weighted by Crippen LogP contribution is -1.96. The quantitative estimate of drug-likeness (QED) is 0.401. The summed E-state index contributed by atoms with van der Waals surface area (Å²) in [5.41, 5.74) is 6.38. The highest BCUT2D eigenvalue weighted by atomic mass is 32.2. The fraction of sp³-hybridized carbons (Fsp3) is 0. The van der Waals surface area contributed by atoms with Gasteiger partial charge in [0.1, 0.15) is 0 Å². The Kier molecular flexibility index (Phi) is 2.72. The smallest absolute Gasteiger partial charge is 0.207 e. The molecule has 128 valence electrons. The van der Waals surface area contributed by atoms with Crippen molar-refractivity contribution in [1.82, 2.24) is 4.98 Å². The third-order valence-electron chi connectivity index (χ3n) is 5.38. The van der Waals surface area contributed by atoms with Gasteiger partial charge in [0.05, 0.1) is 21.0 Å². The van der Waals surface area contributed by atoms with Gasteiger partial charge in [-0.15, -0.1) is 0 Å². The van der Waals surface area contributed by atoms with E-state index in [0.29, 0.717) is 9.79 Å². The summed E-state index contributed by atoms with van der Waals surface area (Å²) in [4.78, 5) is 5.61. The average Bonchev–Trinajstić information content (AvgIpc) is 3.21. The molecule has 3 nitrogen and oxygen atoms in total. The minimum atomic E-state index is -3.49. The first-order chi connectivity index (χ1) is 13.1. The molecule has 4 heteroatoms. The molecule has 0 bridgehead atoms. The Morgan fingerprint density at radius 1 is 0.704 bits per heavy atom. The minimum Gasteiger partial charge on any atom is -0.248 e. The monoisotopic (exact) mass is 367 g/mol. The topological polar surface area (TPSA) is 47.0 Å². The molecule has 0 atom stereocenters. The van der Waals surface area contributed by atoms with Gasteiger partial charge in [-0.2, -0.15) is 0 Å². The van der Waals surface area contributed by atoms with Gasteiger partial charge in [0.2, 0.25) is 9.84 Å². The van der Waals surface area contributed by atoms with Crippen molar-refractivity contribution in [3.8, 4) is 22.4 Å². The van der Waals surface area contributed by atoms with Crippen molar-refractivity contribution in [2.75, 3.05) is 0 Å². The molecule has 1 aromatic heterocycles. The van der Waals surface area contributed by atoms with E-state index in [1.807, 2.05) is 30.3 Å². The van der Waals surface area contributed by atoms with Crippen LogP contribution in [0.15, 0.2) is 76.5 Å². The number of sulfone groups is 1. The molecule has 0 N–H and O–H groups in total. The minimum absolute atomic E-state index is 0.365. The van der Waals surface area contributed by atoms with Crippen LogP contribution in [-0.2, 0) is 9.84 Å². The SMILES string of the molecule is O=S1(=O)c2ccccc2-c2c(-c3cc4c5c(cccc5n3)C=C4)cccc21. The van der Waals surface area contributed by atoms with Crippen LogP contribution in [0.2, 0.25) is 0 Å². The van der Waals surface area contributed by atoms with Gasteiger partial charge in [0.15, 0.2) is 0 Å². The van der Waals surface area contributed by atoms with Gasteiger partial charge in [-0.25, -0.2) is 13.4 Å². The van der Waals surface area contributed by atoms with Crippen LogP contribution in [0.1, 0.15) is 11.1 Å². The normalized spacial score (nSPS) is 15.1. The Hall–Kier alpha value is -3.24. The summed E-state index contributed by atoms with van der Waals surface area (Å²) in [6, 6.07) is 20.8. The van der Waals surface area contributed by atoms with Crippen molar-refractivity contribution in [2.45, 2.75) is 9.79 Å². The fourth-order valence-corrected chi connectivity index (χ4v) is 5.91. The first-order valence-electron chi connectivity index (χ1n) is 8.74. The third kappa shape index (κ3) is 1.85. The molecule has 0 fully saturated rings. The first kappa shape index (κ1) is 14.9. The summed E-state index contributed by atoms with van der Waals surface area (Å²) >= 11 is 0. The van der Waals surface area contributed by atoms with Crippen molar-refractivity contribution in [2.24, 2.45) is 0 Å². The standard InChI is InChI=1S/C23H13NO2S/c25-27(26)20-9-2-1-6-17(20)23-16(7-4-10-21(23)27)19-13-15-12-11-14-5-3-8-18(24-19)22(14)15/h1-13H. The van der Waals surface area contributed by atoms with Crippen LogP contribution >= 0.6 is 0 Å². The maximum atomic E-state index is 13.0. The Bertz CT molecular complexity index is 1430. The van der Waals surface area contributed by atoms with E-state index in [0.717, 1.165) is 38.9 Å². The van der Waals surface area contributed by atoms with Gasteiger partial charge >= 0.3 is 0 Å². The molecule has 4 aromatic rings. The van der Waals surface area contributed by atoms with E-state index < -0.39 is 9.84 Å². The zero-order chi connectivity index (χ0) is 18.2. The van der Waals surface area contributed by atoms with E-state index >= 15 is 0 Å². The number of rotatable bonds is 1. The van der Waals surface area contributed by atoms with Gasteiger partial charge in [-0.05, 0) is 35.4 Å². The highest BCUT2D eigenvalue weighted by molar-refractivity contribution is 7.92. The maximum Gasteiger partial charge on any atom is 0.207 e. The summed E-state index contributed by atoms with van der Waals surface area (Å²) in [5.74, 6) is 0. The number of hydrogen-bond donors (Lipinski definition) is 0. The van der Waals surface area contributed by atoms with Gasteiger partial charge in [-0.3, -0.25) is 0 Å². The van der Waals surface area contributed by atoms with Crippen LogP contribution in [0.25, 0.3) is 45.4 Å². The van der Waals surface area contributed by atoms with E-state index in [9.17, 15) is 8.42 Å². The largest absolute Gasteiger partial charge is 0.248 e. The number of hydrogen-bond acceptors (Lipinski definition) is 3. The zero-order valence-electron chi connectivity index (χ0n) is 14.2. The lowest BCUT2D eigenvalue weighted by atomic mass is 9.96. The molecule has 0 spiro atoms. The molecular formula is C23H13NO2S. The van der Waals surface area contributed by atoms with E-state index in [1.165, 1.54) is 5.56 Å². The molecule has 0 unspecified atom stereocenters. The molecule has 27 heavy (non-hydrogen) atoms. The van der Waals surface area contributed by atoms with Gasteiger partial charge in [-0.1, -0.05) is 54.6 Å². The Labute approximate surface area is 156 Å². The molecule has 2 heterocycles. The number of fused-ring (bicyclic) bond motifs is 3. The Morgan fingerprint density at radius 2 is 1.44 bits per heavy atom. The van der Waals surface area contributed by atoms with Crippen LogP contribution in [0.4, 0.5) is 0 Å². The molecule has 1 aliphatic carbocycles. The second-order valence-corrected chi connectivity index (χ2v) is 8.74. The second kappa shape index (κ2) is 4.93. The predicted molar refractivity (Wildman–Crippen MR) is 107 cm³/mol. The van der Waals surface area contributed by atoms with Gasteiger partial charge in [0, 0.05) is 22.1 Å². The van der Waals surface area contributed by atoms with E-state index in [4.69, 9.17) is 4.98 Å². The lowest BCUT2D eigenvalue weighted by Gasteiger charge is -2.10. The van der Waals surface area contributed by atoms with Crippen LogP contribution in [0.5, 0.6) is 0 Å². The summed E-state index contributed by atoms with van der Waals surface area (Å²) in [5, 5.41) is 1.15. The molecule has 0 radical (unpaired) electrons. The number of benzene rings is 3. The van der Waals surface area contributed by atoms with Gasteiger partial charge in [0.25, 0.3) is 0 Å². The average molecular weight is 367 g/mol. The zero-order valence-corrected chi connectivity index (χ0v) is 15.0. The number of pyridine rings is 1. The van der Waals surface area contributed by atoms with Crippen LogP contribution in [0.3, 0.4) is 0 Å². The van der Waals surface area contributed by atoms with Crippen LogP contribution in [0, 0.1) is 0 Å². The molecule has 3 aromatic carbocycles. The van der Waals surface area contributed by atoms with Crippen molar-refractivity contribution < 1.29 is 8.42 Å². The van der Waals surface area contributed by atoms with E-state index in [1.54, 1.807) is 24.3 Å². The predicted octanol–water partition coefficient (Wildman–Crippen LogP) is 5.20. The van der Waals surface area contributed by atoms with Crippen molar-refractivity contribution in [1.29, 1.82) is 0 Å². The Balaban J connectivity index is 1.71. The van der Waals surface area contributed by atoms with Crippen LogP contribution in [-0.4, -0.2) is 13.4 Å². The van der Waals surface area contributed by atoms with E-state index in [-0.39, 0.29) is 0 Å². The first-order valence-corrected chi connectivity index (χ1v) is 10.2. The van der Waals surface area contributed by atoms with Crippen molar-refractivity contribution in [3.63, 3.8) is 0 Å². The third-order valence-corrected chi connectivity index (χ3v) is 7.23. The fourth-order valence-electron chi connectivity index (χ4n) is 4.21. The highest BCUT2D eigenvalue weighted by Gasteiger charge is 2.34. The van der Waals surface area contributed by atoms with Crippen LogP contribution < -0.4 is 0 Å². The lowest BCUT2D eigenvalue weighted by molar-refractivity contribution is 0.598. The molecule has 6 rings (SSSR count). The summed E-state index contributed by atoms with van der Waals surface area (Å²) < 4.78 is 25.9. The number of nitrogens with zero attached hydrogens (tertiary/aromatic N) is 1. The molecular weight excluding hydrogens is 354 g/mol. The summed E-state index contributed by atoms with van der Waals surface area (Å²) in [6.07, 6.45) is 4.19. The summed E-state index contributed by atoms with van der Waals surface area (Å²) in [7, 11) is -3.49. The number of aromatic nitrogens is 1. The van der Waals surface area contributed by atoms with Crippen molar-refractivity contribution in [3.05, 3.63) is 77.9 Å². The second-order valence-electron chi connectivity index (χ2n) is 6.85. The highest BCUT2D eigenvalue weighted by Crippen LogP contribution is 2.47. The molecule has 0 saturated heterocycles.